The number of thiophene rings is 1. The maximum Gasteiger partial charge on any atom is 0.324 e. The SMILES string of the molecule is Cc1cc(C)c2sc(N(Cc3cccnc3)C(=O)c3ccc([N+](=O)[O-])s3)nc2c1. The number of fused-ring (bicyclic) bond motifs is 1. The molecule has 0 saturated carbocycles. The molecule has 0 atom stereocenters. The summed E-state index contributed by atoms with van der Waals surface area (Å²) in [5, 5.41) is 11.5. The van der Waals surface area contributed by atoms with Gasteiger partial charge < -0.3 is 0 Å². The van der Waals surface area contributed by atoms with Crippen molar-refractivity contribution in [1.82, 2.24) is 9.97 Å². The molecule has 0 fully saturated rings. The van der Waals surface area contributed by atoms with E-state index in [1.807, 2.05) is 26.0 Å². The van der Waals surface area contributed by atoms with Gasteiger partial charge in [-0.15, -0.1) is 0 Å². The van der Waals surface area contributed by atoms with Crippen LogP contribution in [0, 0.1) is 24.0 Å². The second kappa shape index (κ2) is 7.69. The average Bonchev–Trinajstić information content (AvgIpc) is 3.34. The highest BCUT2D eigenvalue weighted by molar-refractivity contribution is 7.22. The number of hydrogen-bond donors (Lipinski definition) is 0. The number of amides is 1. The molecule has 29 heavy (non-hydrogen) atoms. The number of anilines is 1. The van der Waals surface area contributed by atoms with Gasteiger partial charge in [0.25, 0.3) is 5.91 Å². The Morgan fingerprint density at radius 2 is 2.03 bits per heavy atom. The number of aromatic nitrogens is 2. The molecule has 0 aliphatic rings. The van der Waals surface area contributed by atoms with Crippen molar-refractivity contribution in [3.05, 3.63) is 80.5 Å². The largest absolute Gasteiger partial charge is 0.324 e. The third-order valence-electron chi connectivity index (χ3n) is 4.33. The molecule has 0 unspecified atom stereocenters. The second-order valence-electron chi connectivity index (χ2n) is 6.57. The van der Waals surface area contributed by atoms with Gasteiger partial charge in [-0.25, -0.2) is 4.98 Å². The van der Waals surface area contributed by atoms with Crippen LogP contribution in [0.25, 0.3) is 10.2 Å². The Labute approximate surface area is 174 Å². The van der Waals surface area contributed by atoms with E-state index in [2.05, 4.69) is 11.1 Å². The minimum atomic E-state index is -0.489. The first-order chi connectivity index (χ1) is 13.9. The highest BCUT2D eigenvalue weighted by Gasteiger charge is 2.25. The Kier molecular flexibility index (Phi) is 5.08. The van der Waals surface area contributed by atoms with Crippen LogP contribution in [-0.4, -0.2) is 20.8 Å². The van der Waals surface area contributed by atoms with Crippen LogP contribution in [0.1, 0.15) is 26.4 Å². The van der Waals surface area contributed by atoms with Crippen LogP contribution in [0.3, 0.4) is 0 Å². The lowest BCUT2D eigenvalue weighted by atomic mass is 10.1. The molecule has 1 amide bonds. The van der Waals surface area contributed by atoms with Crippen molar-refractivity contribution in [3.63, 3.8) is 0 Å². The van der Waals surface area contributed by atoms with Gasteiger partial charge in [0.2, 0.25) is 0 Å². The molecule has 3 aromatic heterocycles. The zero-order valence-electron chi connectivity index (χ0n) is 15.7. The number of nitrogens with zero attached hydrogens (tertiary/aromatic N) is 4. The number of aryl methyl sites for hydroxylation is 2. The molecular formula is C20H16N4O3S2. The van der Waals surface area contributed by atoms with Crippen molar-refractivity contribution in [3.8, 4) is 0 Å². The molecule has 146 valence electrons. The summed E-state index contributed by atoms with van der Waals surface area (Å²) in [6.07, 6.45) is 3.36. The molecule has 4 rings (SSSR count). The van der Waals surface area contributed by atoms with Crippen molar-refractivity contribution in [2.45, 2.75) is 20.4 Å². The maximum absolute atomic E-state index is 13.3. The van der Waals surface area contributed by atoms with Crippen LogP contribution in [0.15, 0.2) is 48.8 Å². The molecule has 1 aromatic carbocycles. The van der Waals surface area contributed by atoms with Gasteiger partial charge in [0, 0.05) is 18.5 Å². The van der Waals surface area contributed by atoms with Gasteiger partial charge in [-0.2, -0.15) is 0 Å². The number of carbonyl (C=O) groups is 1. The van der Waals surface area contributed by atoms with E-state index in [0.717, 1.165) is 38.2 Å². The van der Waals surface area contributed by atoms with Gasteiger partial charge in [-0.3, -0.25) is 24.8 Å². The standard InChI is InChI=1S/C20H16N4O3S2/c1-12-8-13(2)18-15(9-12)22-20(29-18)23(11-14-4-3-7-21-10-14)19(25)16-5-6-17(28-16)24(26)27/h3-10H,11H2,1-2H3. The first-order valence-corrected chi connectivity index (χ1v) is 10.4. The zero-order valence-corrected chi connectivity index (χ0v) is 17.3. The van der Waals surface area contributed by atoms with Crippen LogP contribution in [0.4, 0.5) is 10.1 Å². The predicted octanol–water partition coefficient (Wildman–Crippen LogP) is 5.12. The molecule has 0 spiro atoms. The maximum atomic E-state index is 13.3. The number of thiazole rings is 1. The number of carbonyl (C=O) groups excluding carboxylic acids is 1. The number of benzene rings is 1. The topological polar surface area (TPSA) is 89.2 Å². The third-order valence-corrected chi connectivity index (χ3v) is 6.59. The summed E-state index contributed by atoms with van der Waals surface area (Å²) < 4.78 is 1.02. The zero-order chi connectivity index (χ0) is 20.5. The Hall–Kier alpha value is -3.17. The van der Waals surface area contributed by atoms with Crippen LogP contribution in [0.5, 0.6) is 0 Å². The summed E-state index contributed by atoms with van der Waals surface area (Å²) in [7, 11) is 0. The molecule has 9 heteroatoms. The van der Waals surface area contributed by atoms with E-state index in [-0.39, 0.29) is 17.5 Å². The van der Waals surface area contributed by atoms with Gasteiger partial charge in [0.1, 0.15) is 0 Å². The average molecular weight is 425 g/mol. The fraction of sp³-hybridized carbons (Fsp3) is 0.150. The normalized spacial score (nSPS) is 11.0. The predicted molar refractivity (Wildman–Crippen MR) is 115 cm³/mol. The van der Waals surface area contributed by atoms with Crippen molar-refractivity contribution in [1.29, 1.82) is 0 Å². The van der Waals surface area contributed by atoms with Crippen molar-refractivity contribution >= 4 is 48.9 Å². The lowest BCUT2D eigenvalue weighted by Gasteiger charge is -2.19. The molecule has 7 nitrogen and oxygen atoms in total. The van der Waals surface area contributed by atoms with Crippen LogP contribution < -0.4 is 4.90 Å². The number of nitro groups is 1. The lowest BCUT2D eigenvalue weighted by Crippen LogP contribution is -2.29. The fourth-order valence-electron chi connectivity index (χ4n) is 3.05. The van der Waals surface area contributed by atoms with E-state index >= 15 is 0 Å². The molecular weight excluding hydrogens is 408 g/mol. The first-order valence-electron chi connectivity index (χ1n) is 8.75. The molecule has 0 saturated heterocycles. The van der Waals surface area contributed by atoms with Gasteiger partial charge in [-0.1, -0.05) is 34.8 Å². The van der Waals surface area contributed by atoms with E-state index in [0.29, 0.717) is 10.0 Å². The van der Waals surface area contributed by atoms with E-state index in [1.54, 1.807) is 23.4 Å². The minimum absolute atomic E-state index is 0.0644. The summed E-state index contributed by atoms with van der Waals surface area (Å²) in [4.78, 5) is 34.5. The molecule has 0 radical (unpaired) electrons. The van der Waals surface area contributed by atoms with Gasteiger partial charge in [0.05, 0.1) is 26.6 Å². The van der Waals surface area contributed by atoms with Crippen molar-refractivity contribution in [2.24, 2.45) is 0 Å². The molecule has 0 aliphatic carbocycles. The van der Waals surface area contributed by atoms with Crippen molar-refractivity contribution < 1.29 is 9.72 Å². The number of rotatable bonds is 5. The summed E-state index contributed by atoms with van der Waals surface area (Å²) in [6, 6.07) is 10.6. The Morgan fingerprint density at radius 1 is 1.21 bits per heavy atom. The molecule has 0 bridgehead atoms. The van der Waals surface area contributed by atoms with E-state index in [9.17, 15) is 14.9 Å². The van der Waals surface area contributed by atoms with Crippen molar-refractivity contribution in [2.75, 3.05) is 4.90 Å². The lowest BCUT2D eigenvalue weighted by molar-refractivity contribution is -0.380. The smallest absolute Gasteiger partial charge is 0.279 e. The molecule has 0 N–H and O–H groups in total. The summed E-state index contributed by atoms with van der Waals surface area (Å²) in [6.45, 7) is 4.30. The second-order valence-corrected chi connectivity index (χ2v) is 8.61. The summed E-state index contributed by atoms with van der Waals surface area (Å²) in [5.41, 5.74) is 3.89. The van der Waals surface area contributed by atoms with Gasteiger partial charge in [0.15, 0.2) is 5.13 Å². The highest BCUT2D eigenvalue weighted by atomic mass is 32.1. The summed E-state index contributed by atoms with van der Waals surface area (Å²) in [5.74, 6) is -0.319. The highest BCUT2D eigenvalue weighted by Crippen LogP contribution is 2.34. The van der Waals surface area contributed by atoms with Crippen LogP contribution in [-0.2, 0) is 6.54 Å². The summed E-state index contributed by atoms with van der Waals surface area (Å²) >= 11 is 2.31. The minimum Gasteiger partial charge on any atom is -0.279 e. The van der Waals surface area contributed by atoms with Gasteiger partial charge >= 0.3 is 5.00 Å². The van der Waals surface area contributed by atoms with Crippen LogP contribution in [0.2, 0.25) is 0 Å². The molecule has 4 aromatic rings. The third kappa shape index (κ3) is 3.87. The van der Waals surface area contributed by atoms with E-state index < -0.39 is 4.92 Å². The number of hydrogen-bond acceptors (Lipinski definition) is 7. The monoisotopic (exact) mass is 424 g/mol. The molecule has 0 aliphatic heterocycles. The number of pyridine rings is 1. The Balaban J connectivity index is 1.78. The Morgan fingerprint density at radius 3 is 2.72 bits per heavy atom. The first kappa shape index (κ1) is 19.2. The van der Waals surface area contributed by atoms with E-state index in [4.69, 9.17) is 4.98 Å². The van der Waals surface area contributed by atoms with Gasteiger partial charge in [-0.05, 0) is 48.7 Å². The Bertz CT molecular complexity index is 1220. The quantitative estimate of drug-likeness (QED) is 0.327. The van der Waals surface area contributed by atoms with Crippen LogP contribution >= 0.6 is 22.7 Å². The fourth-order valence-corrected chi connectivity index (χ4v) is 4.84. The van der Waals surface area contributed by atoms with E-state index in [1.165, 1.54) is 23.5 Å². The molecule has 3 heterocycles.